The van der Waals surface area contributed by atoms with Crippen molar-refractivity contribution in [2.45, 2.75) is 18.0 Å². The third-order valence-corrected chi connectivity index (χ3v) is 8.16. The summed E-state index contributed by atoms with van der Waals surface area (Å²) in [5.41, 5.74) is 5.72. The highest BCUT2D eigenvalue weighted by Crippen LogP contribution is 2.40. The number of hydrogen-bond donors (Lipinski definition) is 2. The van der Waals surface area contributed by atoms with Gasteiger partial charge in [-0.25, -0.2) is 0 Å². The van der Waals surface area contributed by atoms with E-state index in [-0.39, 0.29) is 22.4 Å². The Labute approximate surface area is 210 Å². The van der Waals surface area contributed by atoms with Crippen molar-refractivity contribution in [1.82, 2.24) is 19.6 Å². The van der Waals surface area contributed by atoms with Gasteiger partial charge in [0.05, 0.1) is 16.4 Å². The molecule has 0 radical (unpaired) electrons. The number of pyridine rings is 1. The number of hydrogen-bond acceptors (Lipinski definition) is 12. The van der Waals surface area contributed by atoms with Crippen LogP contribution in [0.5, 0.6) is 0 Å². The number of anilines is 1. The number of amides is 2. The summed E-state index contributed by atoms with van der Waals surface area (Å²) in [5, 5.41) is 20.9. The first-order chi connectivity index (χ1) is 16.9. The van der Waals surface area contributed by atoms with Crippen LogP contribution < -0.4 is 20.7 Å². The van der Waals surface area contributed by atoms with E-state index in [0.29, 0.717) is 17.9 Å². The lowest BCUT2D eigenvalue weighted by Crippen LogP contribution is -2.71. The second-order valence-electron chi connectivity index (χ2n) is 7.54. The summed E-state index contributed by atoms with van der Waals surface area (Å²) < 4.78 is 6.89. The summed E-state index contributed by atoms with van der Waals surface area (Å²) in [6.45, 7) is 0.291. The van der Waals surface area contributed by atoms with Crippen LogP contribution in [0.4, 0.5) is 5.13 Å². The van der Waals surface area contributed by atoms with Gasteiger partial charge in [0, 0.05) is 34.3 Å². The number of oxime groups is 1. The first kappa shape index (κ1) is 23.2. The molecular formula is C20H17N7O5S3. The van der Waals surface area contributed by atoms with Crippen molar-refractivity contribution in [2.75, 3.05) is 18.6 Å². The zero-order valence-electron chi connectivity index (χ0n) is 18.0. The van der Waals surface area contributed by atoms with Crippen LogP contribution in [0, 0.1) is 0 Å². The van der Waals surface area contributed by atoms with Crippen LogP contribution in [0.15, 0.2) is 46.3 Å². The van der Waals surface area contributed by atoms with Gasteiger partial charge in [-0.1, -0.05) is 5.16 Å². The van der Waals surface area contributed by atoms with Gasteiger partial charge in [0.15, 0.2) is 24.1 Å². The summed E-state index contributed by atoms with van der Waals surface area (Å²) in [4.78, 5) is 47.6. The van der Waals surface area contributed by atoms with Crippen LogP contribution in [-0.4, -0.2) is 62.0 Å². The van der Waals surface area contributed by atoms with Gasteiger partial charge in [0.2, 0.25) is 11.5 Å². The number of carboxylic acids is 1. The SMILES string of the molecule is CO/N=C(\C(=O)NC1C(=O)N2C(C(=O)[O-])=C(C[n+]3ccc4ccsc4c3)CS[C@H]12)c1nsc(N)n1. The minimum absolute atomic E-state index is 0.0379. The molecule has 0 bridgehead atoms. The molecule has 180 valence electrons. The number of thiophene rings is 1. The topological polar surface area (TPSA) is 167 Å². The Hall–Kier alpha value is -3.56. The van der Waals surface area contributed by atoms with E-state index in [1.807, 2.05) is 34.5 Å². The monoisotopic (exact) mass is 531 g/mol. The zero-order chi connectivity index (χ0) is 24.7. The maximum absolute atomic E-state index is 13.0. The Bertz CT molecular complexity index is 1410. The fourth-order valence-electron chi connectivity index (χ4n) is 3.87. The molecule has 0 spiro atoms. The molecule has 2 atom stereocenters. The number of nitrogen functional groups attached to an aromatic ring is 1. The van der Waals surface area contributed by atoms with Crippen molar-refractivity contribution < 1.29 is 28.9 Å². The molecule has 0 aromatic carbocycles. The Kier molecular flexibility index (Phi) is 6.12. The summed E-state index contributed by atoms with van der Waals surface area (Å²) in [5.74, 6) is -2.43. The molecule has 3 N–H and O–H groups in total. The molecule has 3 aromatic rings. The molecular weight excluding hydrogens is 514 g/mol. The largest absolute Gasteiger partial charge is 0.543 e. The first-order valence-corrected chi connectivity index (χ1v) is 12.8. The van der Waals surface area contributed by atoms with Crippen LogP contribution in [-0.2, 0) is 25.8 Å². The molecule has 0 aliphatic carbocycles. The second-order valence-corrected chi connectivity index (χ2v) is 10.4. The summed E-state index contributed by atoms with van der Waals surface area (Å²) >= 11 is 3.82. The van der Waals surface area contributed by atoms with Crippen molar-refractivity contribution in [3.63, 3.8) is 0 Å². The van der Waals surface area contributed by atoms with E-state index in [0.717, 1.165) is 21.6 Å². The Morgan fingerprint density at radius 2 is 2.26 bits per heavy atom. The Morgan fingerprint density at radius 1 is 1.43 bits per heavy atom. The molecule has 15 heteroatoms. The Balaban J connectivity index is 1.36. The number of nitrogens with two attached hydrogens (primary N) is 1. The highest BCUT2D eigenvalue weighted by Gasteiger charge is 2.53. The minimum atomic E-state index is -1.44. The molecule has 5 rings (SSSR count). The number of aromatic nitrogens is 3. The number of fused-ring (bicyclic) bond motifs is 2. The minimum Gasteiger partial charge on any atom is -0.543 e. The van der Waals surface area contributed by atoms with Crippen molar-refractivity contribution in [2.24, 2.45) is 5.16 Å². The number of carbonyl (C=O) groups excluding carboxylic acids is 3. The quantitative estimate of drug-likeness (QED) is 0.170. The van der Waals surface area contributed by atoms with Crippen LogP contribution >= 0.6 is 34.6 Å². The van der Waals surface area contributed by atoms with Gasteiger partial charge in [-0.15, -0.1) is 23.1 Å². The van der Waals surface area contributed by atoms with Crippen molar-refractivity contribution in [1.29, 1.82) is 0 Å². The number of β-lactam (4-membered cyclic amide) rings is 1. The third-order valence-electron chi connectivity index (χ3n) is 5.41. The normalized spacial score (nSPS) is 20.0. The smallest absolute Gasteiger partial charge is 0.278 e. The highest BCUT2D eigenvalue weighted by molar-refractivity contribution is 8.00. The molecule has 2 aliphatic heterocycles. The van der Waals surface area contributed by atoms with Gasteiger partial charge in [-0.05, 0) is 11.4 Å². The van der Waals surface area contributed by atoms with E-state index < -0.39 is 29.2 Å². The molecule has 2 amide bonds. The molecule has 1 fully saturated rings. The van der Waals surface area contributed by atoms with Crippen LogP contribution in [0.25, 0.3) is 10.1 Å². The number of thioether (sulfide) groups is 1. The highest BCUT2D eigenvalue weighted by atomic mass is 32.2. The first-order valence-electron chi connectivity index (χ1n) is 10.1. The van der Waals surface area contributed by atoms with E-state index in [4.69, 9.17) is 10.6 Å². The predicted molar refractivity (Wildman–Crippen MR) is 127 cm³/mol. The molecule has 5 heterocycles. The third kappa shape index (κ3) is 4.21. The van der Waals surface area contributed by atoms with E-state index in [2.05, 4.69) is 19.8 Å². The van der Waals surface area contributed by atoms with E-state index in [1.165, 1.54) is 23.8 Å². The summed E-state index contributed by atoms with van der Waals surface area (Å²) in [7, 11) is 1.25. The predicted octanol–water partition coefficient (Wildman–Crippen LogP) is -0.923. The standard InChI is InChI=1S/C20H17N7O5S3/c1-32-24-12(15-23-20(21)35-25-15)16(28)22-13-17(29)27-14(19(30)31)10(8-34-18(13)27)6-26-4-2-9-3-5-33-11(9)7-26/h2-5,7,13,18H,6,8H2,1H3,(H3-,21,22,23,25,28,30,31)/b24-12-/t13?,18-/m1/s1. The number of carboxylic acid groups (broad SMARTS) is 1. The maximum atomic E-state index is 13.0. The number of nitrogens with zero attached hydrogens (tertiary/aromatic N) is 5. The average Bonchev–Trinajstić information content (AvgIpc) is 3.48. The number of nitrogens with one attached hydrogen (secondary N) is 1. The fourth-order valence-corrected chi connectivity index (χ4v) is 6.47. The van der Waals surface area contributed by atoms with Gasteiger partial charge in [-0.2, -0.15) is 13.9 Å². The van der Waals surface area contributed by atoms with Gasteiger partial charge >= 0.3 is 0 Å². The number of aliphatic carboxylic acids is 1. The molecule has 2 aliphatic rings. The van der Waals surface area contributed by atoms with Gasteiger partial charge in [0.25, 0.3) is 11.8 Å². The van der Waals surface area contributed by atoms with Crippen molar-refractivity contribution >= 4 is 73.3 Å². The van der Waals surface area contributed by atoms with Crippen LogP contribution in [0.3, 0.4) is 0 Å². The Morgan fingerprint density at radius 3 is 2.97 bits per heavy atom. The van der Waals surface area contributed by atoms with Gasteiger partial charge in [-0.3, -0.25) is 14.5 Å². The molecule has 35 heavy (non-hydrogen) atoms. The molecule has 3 aromatic heterocycles. The fraction of sp³-hybridized carbons (Fsp3) is 0.250. The lowest BCUT2D eigenvalue weighted by molar-refractivity contribution is -0.687. The van der Waals surface area contributed by atoms with E-state index in [1.54, 1.807) is 11.3 Å². The summed E-state index contributed by atoms with van der Waals surface area (Å²) in [6, 6.07) is 3.00. The lowest BCUT2D eigenvalue weighted by Gasteiger charge is -2.50. The molecule has 0 saturated carbocycles. The number of rotatable bonds is 7. The van der Waals surface area contributed by atoms with Gasteiger partial charge < -0.3 is 25.8 Å². The van der Waals surface area contributed by atoms with Crippen LogP contribution in [0.1, 0.15) is 5.82 Å². The molecule has 1 saturated heterocycles. The van der Waals surface area contributed by atoms with E-state index in [9.17, 15) is 19.5 Å². The zero-order valence-corrected chi connectivity index (χ0v) is 20.5. The van der Waals surface area contributed by atoms with Crippen LogP contribution in [0.2, 0.25) is 0 Å². The van der Waals surface area contributed by atoms with Gasteiger partial charge in [0.1, 0.15) is 18.5 Å². The van der Waals surface area contributed by atoms with Crippen molar-refractivity contribution in [3.05, 3.63) is 47.0 Å². The van der Waals surface area contributed by atoms with Crippen molar-refractivity contribution in [3.8, 4) is 0 Å². The second kappa shape index (κ2) is 9.24. The maximum Gasteiger partial charge on any atom is 0.278 e. The summed E-state index contributed by atoms with van der Waals surface area (Å²) in [6.07, 6.45) is 3.80. The molecule has 1 unspecified atom stereocenters. The number of carbonyl (C=O) groups is 3. The van der Waals surface area contributed by atoms with E-state index >= 15 is 0 Å². The lowest BCUT2D eigenvalue weighted by atomic mass is 10.0. The molecule has 12 nitrogen and oxygen atoms in total. The average molecular weight is 532 g/mol.